The monoisotopic (exact) mass is 270 g/mol. The molecule has 0 heterocycles. The first kappa shape index (κ1) is 16.4. The number of carbonyl (C=O) groups excluding carboxylic acids is 1. The zero-order chi connectivity index (χ0) is 14.3. The number of nitrogens with one attached hydrogen (secondary N) is 1. The summed E-state index contributed by atoms with van der Waals surface area (Å²) in [4.78, 5) is 10.5. The minimum atomic E-state index is -0.401. The highest BCUT2D eigenvalue weighted by Crippen LogP contribution is 2.40. The normalized spacial score (nSPS) is 24.4. The Morgan fingerprint density at radius 3 is 2.47 bits per heavy atom. The first-order chi connectivity index (χ1) is 8.95. The highest BCUT2D eigenvalue weighted by Gasteiger charge is 2.31. The summed E-state index contributed by atoms with van der Waals surface area (Å²) in [7, 11) is 0. The Morgan fingerprint density at radius 2 is 1.95 bits per heavy atom. The minimum Gasteiger partial charge on any atom is -0.370 e. The molecule has 0 unspecified atom stereocenters. The Morgan fingerprint density at radius 1 is 1.32 bits per heavy atom. The molecule has 0 atom stereocenters. The standard InChI is InChI=1S/C15H30N2O2/c1-4-15(2,3)12-5-7-13(8-6-12)17-9-10-19-11-14(16)18/h12-13,17H,4-11H2,1-3H3,(H2,16,18). The van der Waals surface area contributed by atoms with Crippen molar-refractivity contribution in [2.45, 2.75) is 58.9 Å². The Bertz CT molecular complexity index is 271. The van der Waals surface area contributed by atoms with Crippen molar-refractivity contribution < 1.29 is 9.53 Å². The van der Waals surface area contributed by atoms with Gasteiger partial charge in [-0.25, -0.2) is 0 Å². The molecule has 4 nitrogen and oxygen atoms in total. The van der Waals surface area contributed by atoms with Crippen molar-refractivity contribution in [3.05, 3.63) is 0 Å². The number of rotatable bonds is 8. The fraction of sp³-hybridized carbons (Fsp3) is 0.933. The van der Waals surface area contributed by atoms with Gasteiger partial charge in [0.1, 0.15) is 6.61 Å². The first-order valence-electron chi connectivity index (χ1n) is 7.55. The lowest BCUT2D eigenvalue weighted by atomic mass is 9.69. The molecule has 1 fully saturated rings. The SMILES string of the molecule is CCC(C)(C)C1CCC(NCCOCC(N)=O)CC1. The summed E-state index contributed by atoms with van der Waals surface area (Å²) < 4.78 is 5.14. The summed E-state index contributed by atoms with van der Waals surface area (Å²) >= 11 is 0. The van der Waals surface area contributed by atoms with Gasteiger partial charge >= 0.3 is 0 Å². The zero-order valence-electron chi connectivity index (χ0n) is 12.7. The van der Waals surface area contributed by atoms with Crippen molar-refractivity contribution in [1.29, 1.82) is 0 Å². The number of hydrogen-bond donors (Lipinski definition) is 2. The summed E-state index contributed by atoms with van der Waals surface area (Å²) in [6.45, 7) is 8.47. The van der Waals surface area contributed by atoms with Crippen LogP contribution in [0.4, 0.5) is 0 Å². The van der Waals surface area contributed by atoms with Gasteiger partial charge in [-0.15, -0.1) is 0 Å². The van der Waals surface area contributed by atoms with E-state index in [2.05, 4.69) is 26.1 Å². The van der Waals surface area contributed by atoms with Gasteiger partial charge in [-0.1, -0.05) is 27.2 Å². The van der Waals surface area contributed by atoms with E-state index in [0.29, 0.717) is 18.1 Å². The summed E-state index contributed by atoms with van der Waals surface area (Å²) in [6, 6.07) is 0.612. The number of primary amides is 1. The molecule has 0 aromatic heterocycles. The minimum absolute atomic E-state index is 0.0269. The summed E-state index contributed by atoms with van der Waals surface area (Å²) in [5, 5.41) is 3.51. The topological polar surface area (TPSA) is 64.3 Å². The van der Waals surface area contributed by atoms with E-state index in [-0.39, 0.29) is 6.61 Å². The smallest absolute Gasteiger partial charge is 0.243 e. The molecular weight excluding hydrogens is 240 g/mol. The second-order valence-corrected chi connectivity index (χ2v) is 6.36. The average molecular weight is 270 g/mol. The molecule has 1 rings (SSSR count). The van der Waals surface area contributed by atoms with Gasteiger partial charge in [-0.05, 0) is 37.0 Å². The van der Waals surface area contributed by atoms with Crippen LogP contribution in [0.15, 0.2) is 0 Å². The van der Waals surface area contributed by atoms with E-state index in [0.717, 1.165) is 12.5 Å². The van der Waals surface area contributed by atoms with Crippen LogP contribution in [0.3, 0.4) is 0 Å². The molecule has 3 N–H and O–H groups in total. The number of nitrogens with two attached hydrogens (primary N) is 1. The van der Waals surface area contributed by atoms with Gasteiger partial charge in [-0.3, -0.25) is 4.79 Å². The third kappa shape index (κ3) is 5.91. The Kier molecular flexibility index (Phi) is 6.80. The van der Waals surface area contributed by atoms with E-state index in [4.69, 9.17) is 10.5 Å². The molecule has 0 saturated heterocycles. The summed E-state index contributed by atoms with van der Waals surface area (Å²) in [5.41, 5.74) is 5.48. The van der Waals surface area contributed by atoms with Crippen molar-refractivity contribution in [1.82, 2.24) is 5.32 Å². The maximum absolute atomic E-state index is 10.5. The molecule has 0 radical (unpaired) electrons. The number of amides is 1. The van der Waals surface area contributed by atoms with E-state index in [9.17, 15) is 4.79 Å². The van der Waals surface area contributed by atoms with Crippen molar-refractivity contribution in [3.8, 4) is 0 Å². The molecule has 19 heavy (non-hydrogen) atoms. The van der Waals surface area contributed by atoms with Gasteiger partial charge in [0.05, 0.1) is 6.61 Å². The van der Waals surface area contributed by atoms with Crippen LogP contribution in [-0.4, -0.2) is 31.7 Å². The van der Waals surface area contributed by atoms with Crippen LogP contribution in [0.2, 0.25) is 0 Å². The highest BCUT2D eigenvalue weighted by molar-refractivity contribution is 5.74. The lowest BCUT2D eigenvalue weighted by Crippen LogP contribution is -2.38. The Labute approximate surface area is 117 Å². The fourth-order valence-corrected chi connectivity index (χ4v) is 2.88. The molecule has 0 bridgehead atoms. The van der Waals surface area contributed by atoms with Gasteiger partial charge in [0.2, 0.25) is 5.91 Å². The quantitative estimate of drug-likeness (QED) is 0.664. The maximum atomic E-state index is 10.5. The molecule has 1 aliphatic carbocycles. The van der Waals surface area contributed by atoms with Gasteiger partial charge in [0, 0.05) is 12.6 Å². The third-order valence-electron chi connectivity index (χ3n) is 4.67. The van der Waals surface area contributed by atoms with Crippen molar-refractivity contribution >= 4 is 5.91 Å². The largest absolute Gasteiger partial charge is 0.370 e. The van der Waals surface area contributed by atoms with E-state index >= 15 is 0 Å². The van der Waals surface area contributed by atoms with Crippen molar-refractivity contribution in [3.63, 3.8) is 0 Å². The van der Waals surface area contributed by atoms with E-state index in [1.807, 2.05) is 0 Å². The number of hydrogen-bond acceptors (Lipinski definition) is 3. The van der Waals surface area contributed by atoms with Crippen LogP contribution < -0.4 is 11.1 Å². The van der Waals surface area contributed by atoms with Crippen LogP contribution in [-0.2, 0) is 9.53 Å². The van der Waals surface area contributed by atoms with Crippen LogP contribution in [0.5, 0.6) is 0 Å². The van der Waals surface area contributed by atoms with Crippen molar-refractivity contribution in [2.75, 3.05) is 19.8 Å². The summed E-state index contributed by atoms with van der Waals surface area (Å²) in [6.07, 6.45) is 6.41. The van der Waals surface area contributed by atoms with Gasteiger partial charge < -0.3 is 15.8 Å². The molecule has 4 heteroatoms. The highest BCUT2D eigenvalue weighted by atomic mass is 16.5. The second kappa shape index (κ2) is 7.85. The van der Waals surface area contributed by atoms with E-state index in [1.54, 1.807) is 0 Å². The number of carbonyl (C=O) groups is 1. The average Bonchev–Trinajstić information content (AvgIpc) is 2.38. The predicted molar refractivity (Wildman–Crippen MR) is 77.8 cm³/mol. The Hall–Kier alpha value is -0.610. The van der Waals surface area contributed by atoms with Gasteiger partial charge in [0.25, 0.3) is 0 Å². The third-order valence-corrected chi connectivity index (χ3v) is 4.67. The molecule has 0 aromatic carbocycles. The maximum Gasteiger partial charge on any atom is 0.243 e. The molecular formula is C15H30N2O2. The van der Waals surface area contributed by atoms with E-state index < -0.39 is 5.91 Å². The Balaban J connectivity index is 2.12. The molecule has 1 aliphatic rings. The lowest BCUT2D eigenvalue weighted by molar-refractivity contribution is -0.122. The lowest BCUT2D eigenvalue weighted by Gasteiger charge is -2.39. The van der Waals surface area contributed by atoms with E-state index in [1.165, 1.54) is 32.1 Å². The number of ether oxygens (including phenoxy) is 1. The zero-order valence-corrected chi connectivity index (χ0v) is 12.7. The molecule has 0 aliphatic heterocycles. The fourth-order valence-electron chi connectivity index (χ4n) is 2.88. The molecule has 1 saturated carbocycles. The summed E-state index contributed by atoms with van der Waals surface area (Å²) in [5.74, 6) is 0.462. The molecule has 1 amide bonds. The van der Waals surface area contributed by atoms with Gasteiger partial charge in [0.15, 0.2) is 0 Å². The molecule has 0 spiro atoms. The van der Waals surface area contributed by atoms with Crippen LogP contribution in [0.25, 0.3) is 0 Å². The predicted octanol–water partition coefficient (Wildman–Crippen LogP) is 2.07. The van der Waals surface area contributed by atoms with Crippen molar-refractivity contribution in [2.24, 2.45) is 17.1 Å². The van der Waals surface area contributed by atoms with Crippen LogP contribution in [0.1, 0.15) is 52.9 Å². The second-order valence-electron chi connectivity index (χ2n) is 6.36. The first-order valence-corrected chi connectivity index (χ1v) is 7.55. The molecule has 112 valence electrons. The van der Waals surface area contributed by atoms with Crippen LogP contribution in [0, 0.1) is 11.3 Å². The molecule has 0 aromatic rings. The van der Waals surface area contributed by atoms with Gasteiger partial charge in [-0.2, -0.15) is 0 Å². The van der Waals surface area contributed by atoms with Crippen LogP contribution >= 0.6 is 0 Å².